The molecule has 0 amide bonds. The molecule has 0 N–H and O–H groups in total. The Labute approximate surface area is 185 Å². The lowest BCUT2D eigenvalue weighted by Crippen LogP contribution is -2.25. The first kappa shape index (κ1) is 23.1. The topological polar surface area (TPSA) is 124 Å². The van der Waals surface area contributed by atoms with Gasteiger partial charge in [-0.3, -0.25) is 14.9 Å². The fourth-order valence-corrected chi connectivity index (χ4v) is 4.60. The van der Waals surface area contributed by atoms with E-state index in [1.807, 2.05) is 50.1 Å². The molecule has 0 aliphatic carbocycles. The molecule has 1 heterocycles. The summed E-state index contributed by atoms with van der Waals surface area (Å²) in [6, 6.07) is 10.7. The maximum Gasteiger partial charge on any atom is 0.338 e. The number of hydrogen-bond acceptors (Lipinski definition) is 8. The van der Waals surface area contributed by atoms with Gasteiger partial charge in [-0.1, -0.05) is 32.0 Å². The summed E-state index contributed by atoms with van der Waals surface area (Å²) in [6.07, 6.45) is 2.25. The molecule has 0 saturated carbocycles. The first-order chi connectivity index (χ1) is 14.8. The van der Waals surface area contributed by atoms with Gasteiger partial charge in [-0.2, -0.15) is 0 Å². The maximum atomic E-state index is 12.5. The number of nitro benzene ring substituents is 1. The van der Waals surface area contributed by atoms with E-state index in [0.717, 1.165) is 41.4 Å². The van der Waals surface area contributed by atoms with Crippen LogP contribution in [0.25, 0.3) is 0 Å². The largest absolute Gasteiger partial charge is 0.454 e. The lowest BCUT2D eigenvalue weighted by molar-refractivity contribution is -0.387. The molecule has 0 radical (unpaired) electrons. The van der Waals surface area contributed by atoms with Gasteiger partial charge in [0.1, 0.15) is 4.90 Å². The molecule has 9 nitrogen and oxygen atoms in total. The van der Waals surface area contributed by atoms with Crippen molar-refractivity contribution in [3.63, 3.8) is 0 Å². The second-order valence-corrected chi connectivity index (χ2v) is 9.97. The molecule has 2 aromatic rings. The van der Waals surface area contributed by atoms with E-state index in [4.69, 9.17) is 4.74 Å². The van der Waals surface area contributed by atoms with Crippen molar-refractivity contribution in [1.82, 2.24) is 0 Å². The van der Waals surface area contributed by atoms with Gasteiger partial charge in [0, 0.05) is 42.2 Å². The van der Waals surface area contributed by atoms with Crippen LogP contribution in [0.2, 0.25) is 0 Å². The summed E-state index contributed by atoms with van der Waals surface area (Å²) in [4.78, 5) is 36.5. The Morgan fingerprint density at radius 3 is 2.44 bits per heavy atom. The van der Waals surface area contributed by atoms with Crippen LogP contribution < -0.4 is 4.90 Å². The summed E-state index contributed by atoms with van der Waals surface area (Å²) in [5.74, 6) is -1.43. The third kappa shape index (κ3) is 4.26. The van der Waals surface area contributed by atoms with E-state index in [0.29, 0.717) is 0 Å². The summed E-state index contributed by atoms with van der Waals surface area (Å²) in [7, 11) is -2.01. The standard InChI is InChI=1S/C22H22N2O7S/c1-22(2)16-7-5-6-8-17(16)23(3)20(22)12-15(25)13-31-21(26)14-9-10-19(32(4,29)30)18(11-14)24(27)28/h5-12H,13H2,1-4H3/b20-12+. The van der Waals surface area contributed by atoms with Crippen molar-refractivity contribution in [2.75, 3.05) is 24.8 Å². The van der Waals surface area contributed by atoms with Crippen LogP contribution in [0.3, 0.4) is 0 Å². The van der Waals surface area contributed by atoms with Crippen molar-refractivity contribution < 1.29 is 27.7 Å². The minimum Gasteiger partial charge on any atom is -0.454 e. The predicted octanol–water partition coefficient (Wildman–Crippen LogP) is 3.04. The van der Waals surface area contributed by atoms with E-state index in [2.05, 4.69) is 0 Å². The van der Waals surface area contributed by atoms with Crippen molar-refractivity contribution in [3.8, 4) is 0 Å². The number of esters is 1. The van der Waals surface area contributed by atoms with Gasteiger partial charge in [0.15, 0.2) is 22.2 Å². The van der Waals surface area contributed by atoms with Crippen LogP contribution in [0.1, 0.15) is 29.8 Å². The highest BCUT2D eigenvalue weighted by molar-refractivity contribution is 7.90. The van der Waals surface area contributed by atoms with Crippen molar-refractivity contribution in [2.45, 2.75) is 24.2 Å². The number of anilines is 1. The molecule has 0 fully saturated rings. The van der Waals surface area contributed by atoms with Crippen LogP contribution in [0, 0.1) is 10.1 Å². The second-order valence-electron chi connectivity index (χ2n) is 7.98. The number of benzene rings is 2. The average Bonchev–Trinajstić information content (AvgIpc) is 2.91. The van der Waals surface area contributed by atoms with Crippen molar-refractivity contribution >= 4 is 33.0 Å². The number of nitro groups is 1. The zero-order valence-corrected chi connectivity index (χ0v) is 18.8. The Morgan fingerprint density at radius 2 is 1.84 bits per heavy atom. The zero-order valence-electron chi connectivity index (χ0n) is 18.0. The number of ether oxygens (including phenoxy) is 1. The fraction of sp³-hybridized carbons (Fsp3) is 0.273. The first-order valence-electron chi connectivity index (χ1n) is 9.58. The van der Waals surface area contributed by atoms with Crippen LogP contribution in [0.15, 0.2) is 59.1 Å². The number of hydrogen-bond donors (Lipinski definition) is 0. The summed E-state index contributed by atoms with van der Waals surface area (Å²) < 4.78 is 28.4. The van der Waals surface area contributed by atoms with Crippen LogP contribution in [0.4, 0.5) is 11.4 Å². The van der Waals surface area contributed by atoms with Gasteiger partial charge in [-0.05, 0) is 23.8 Å². The highest BCUT2D eigenvalue weighted by Crippen LogP contribution is 2.46. The summed E-state index contributed by atoms with van der Waals surface area (Å²) in [5, 5.41) is 11.2. The van der Waals surface area contributed by atoms with E-state index in [-0.39, 0.29) is 5.56 Å². The highest BCUT2D eigenvalue weighted by Gasteiger charge is 2.38. The Balaban J connectivity index is 1.77. The van der Waals surface area contributed by atoms with Gasteiger partial charge in [0.25, 0.3) is 5.69 Å². The number of nitrogens with zero attached hydrogens (tertiary/aromatic N) is 2. The van der Waals surface area contributed by atoms with Gasteiger partial charge in [-0.15, -0.1) is 0 Å². The molecule has 0 unspecified atom stereocenters. The first-order valence-corrected chi connectivity index (χ1v) is 11.5. The number of para-hydroxylation sites is 1. The minimum absolute atomic E-state index is 0.227. The lowest BCUT2D eigenvalue weighted by atomic mass is 9.83. The molecule has 3 rings (SSSR count). The molecule has 0 spiro atoms. The number of carbonyl (C=O) groups excluding carboxylic acids is 2. The van der Waals surface area contributed by atoms with Crippen LogP contribution in [-0.4, -0.2) is 45.0 Å². The highest BCUT2D eigenvalue weighted by atomic mass is 32.2. The Hall–Kier alpha value is -3.53. The number of fused-ring (bicyclic) bond motifs is 1. The smallest absolute Gasteiger partial charge is 0.338 e. The molecule has 0 atom stereocenters. The van der Waals surface area contributed by atoms with E-state index in [1.54, 1.807) is 0 Å². The third-order valence-corrected chi connectivity index (χ3v) is 6.52. The normalized spacial score (nSPS) is 16.0. The molecule has 1 aliphatic heterocycles. The Bertz CT molecular complexity index is 1260. The Morgan fingerprint density at radius 1 is 1.19 bits per heavy atom. The van der Waals surface area contributed by atoms with Gasteiger partial charge < -0.3 is 9.64 Å². The number of sulfone groups is 1. The number of rotatable bonds is 6. The molecule has 0 aromatic heterocycles. The zero-order chi connectivity index (χ0) is 23.8. The van der Waals surface area contributed by atoms with Crippen molar-refractivity contribution in [3.05, 3.63) is 75.5 Å². The average molecular weight is 458 g/mol. The number of ketones is 1. The number of likely N-dealkylation sites (N-methyl/N-ethyl adjacent to an activating group) is 1. The van der Waals surface area contributed by atoms with Gasteiger partial charge in [0.2, 0.25) is 0 Å². The molecule has 32 heavy (non-hydrogen) atoms. The molecular formula is C22H22N2O7S. The van der Waals surface area contributed by atoms with Gasteiger partial charge in [-0.25, -0.2) is 13.2 Å². The molecule has 1 aliphatic rings. The summed E-state index contributed by atoms with van der Waals surface area (Å²) in [6.45, 7) is 3.41. The van der Waals surface area contributed by atoms with E-state index in [1.165, 1.54) is 6.08 Å². The van der Waals surface area contributed by atoms with Crippen LogP contribution >= 0.6 is 0 Å². The van der Waals surface area contributed by atoms with Gasteiger partial charge >= 0.3 is 5.97 Å². The fourth-order valence-electron chi connectivity index (χ4n) is 3.77. The minimum atomic E-state index is -3.86. The van der Waals surface area contributed by atoms with Crippen LogP contribution in [-0.2, 0) is 24.8 Å². The number of carbonyl (C=O) groups is 2. The quantitative estimate of drug-likeness (QED) is 0.280. The van der Waals surface area contributed by atoms with Gasteiger partial charge in [0.05, 0.1) is 10.5 Å². The van der Waals surface area contributed by atoms with E-state index < -0.39 is 49.1 Å². The molecule has 168 valence electrons. The van der Waals surface area contributed by atoms with E-state index in [9.17, 15) is 28.1 Å². The molecule has 0 saturated heterocycles. The molecule has 0 bridgehead atoms. The third-order valence-electron chi connectivity index (χ3n) is 5.37. The maximum absolute atomic E-state index is 12.5. The Kier molecular flexibility index (Phi) is 5.92. The molecule has 10 heteroatoms. The van der Waals surface area contributed by atoms with E-state index >= 15 is 0 Å². The molecular weight excluding hydrogens is 436 g/mol. The molecule has 2 aromatic carbocycles. The van der Waals surface area contributed by atoms with Crippen LogP contribution in [0.5, 0.6) is 0 Å². The SMILES string of the molecule is CN1/C(=C/C(=O)COC(=O)c2ccc(S(C)(=O)=O)c([N+](=O)[O-])c2)C(C)(C)c2ccccc21. The van der Waals surface area contributed by atoms with Crippen molar-refractivity contribution in [1.29, 1.82) is 0 Å². The van der Waals surface area contributed by atoms with Crippen molar-refractivity contribution in [2.24, 2.45) is 0 Å². The monoisotopic (exact) mass is 458 g/mol. The lowest BCUT2D eigenvalue weighted by Gasteiger charge is -2.23. The predicted molar refractivity (Wildman–Crippen MR) is 117 cm³/mol. The number of allylic oxidation sites excluding steroid dienone is 1. The summed E-state index contributed by atoms with van der Waals surface area (Å²) in [5.41, 5.74) is 1.40. The second kappa shape index (κ2) is 8.19. The summed E-state index contributed by atoms with van der Waals surface area (Å²) >= 11 is 0.